The van der Waals surface area contributed by atoms with Gasteiger partial charge in [-0.15, -0.1) is 0 Å². The van der Waals surface area contributed by atoms with E-state index >= 15 is 0 Å². The van der Waals surface area contributed by atoms with Crippen molar-refractivity contribution in [3.05, 3.63) is 41.1 Å². The molecule has 0 unspecified atom stereocenters. The predicted octanol–water partition coefficient (Wildman–Crippen LogP) is 4.50. The summed E-state index contributed by atoms with van der Waals surface area (Å²) >= 11 is 8.37. The normalized spacial score (nSPS) is 14.9. The largest absolute Gasteiger partial charge is 0.443 e. The van der Waals surface area contributed by atoms with Gasteiger partial charge in [0.05, 0.1) is 23.5 Å². The van der Waals surface area contributed by atoms with Crippen LogP contribution in [-0.4, -0.2) is 35.6 Å². The summed E-state index contributed by atoms with van der Waals surface area (Å²) in [6, 6.07) is 5.27. The molecule has 0 bridgehead atoms. The molecule has 0 aliphatic carbocycles. The Balaban J connectivity index is 1.54. The van der Waals surface area contributed by atoms with E-state index in [1.54, 1.807) is 12.3 Å². The van der Waals surface area contributed by atoms with Gasteiger partial charge in [0.25, 0.3) is 0 Å². The molecule has 0 atom stereocenters. The number of nitrogens with zero attached hydrogens (tertiary/aromatic N) is 2. The Hall–Kier alpha value is -1.86. The van der Waals surface area contributed by atoms with Crippen LogP contribution in [0.25, 0.3) is 0 Å². The third kappa shape index (κ3) is 5.32. The van der Waals surface area contributed by atoms with Crippen molar-refractivity contribution in [2.24, 2.45) is 0 Å². The SMILES string of the molecule is CC(C)(C)c1cnc(CNC(=O)Nc2ccc(N3CCSCC3)c(Cl)c2)o1. The summed E-state index contributed by atoms with van der Waals surface area (Å²) < 4.78 is 5.67. The monoisotopic (exact) mass is 408 g/mol. The van der Waals surface area contributed by atoms with Gasteiger partial charge in [-0.25, -0.2) is 9.78 Å². The van der Waals surface area contributed by atoms with Crippen molar-refractivity contribution >= 4 is 40.8 Å². The third-order valence-electron chi connectivity index (χ3n) is 4.25. The summed E-state index contributed by atoms with van der Waals surface area (Å²) in [5.41, 5.74) is 1.55. The first-order valence-corrected chi connectivity index (χ1v) is 10.5. The van der Waals surface area contributed by atoms with E-state index in [2.05, 4.69) is 20.5 Å². The zero-order valence-electron chi connectivity index (χ0n) is 15.8. The van der Waals surface area contributed by atoms with Gasteiger partial charge in [-0.05, 0) is 18.2 Å². The number of aromatic nitrogens is 1. The number of benzene rings is 1. The second-order valence-electron chi connectivity index (χ2n) is 7.44. The fourth-order valence-corrected chi connectivity index (χ4v) is 3.92. The molecule has 0 spiro atoms. The summed E-state index contributed by atoms with van der Waals surface area (Å²) in [6.07, 6.45) is 1.70. The zero-order chi connectivity index (χ0) is 19.4. The fourth-order valence-electron chi connectivity index (χ4n) is 2.72. The van der Waals surface area contributed by atoms with Crippen LogP contribution in [-0.2, 0) is 12.0 Å². The number of halogens is 1. The van der Waals surface area contributed by atoms with Crippen LogP contribution in [0.4, 0.5) is 16.2 Å². The number of oxazole rings is 1. The highest BCUT2D eigenvalue weighted by Gasteiger charge is 2.19. The van der Waals surface area contributed by atoms with Gasteiger partial charge in [0.15, 0.2) is 0 Å². The highest BCUT2D eigenvalue weighted by molar-refractivity contribution is 7.99. The Kier molecular flexibility index (Phi) is 6.22. The number of urea groups is 1. The van der Waals surface area contributed by atoms with E-state index in [0.29, 0.717) is 16.6 Å². The van der Waals surface area contributed by atoms with Gasteiger partial charge in [0, 0.05) is 35.7 Å². The predicted molar refractivity (Wildman–Crippen MR) is 112 cm³/mol. The highest BCUT2D eigenvalue weighted by atomic mass is 35.5. The van der Waals surface area contributed by atoms with Crippen molar-refractivity contribution in [3.63, 3.8) is 0 Å². The van der Waals surface area contributed by atoms with E-state index in [4.69, 9.17) is 16.0 Å². The maximum Gasteiger partial charge on any atom is 0.319 e. The van der Waals surface area contributed by atoms with Crippen molar-refractivity contribution in [1.29, 1.82) is 0 Å². The summed E-state index contributed by atoms with van der Waals surface area (Å²) in [5.74, 6) is 3.48. The molecule has 0 saturated carbocycles. The second kappa shape index (κ2) is 8.44. The second-order valence-corrected chi connectivity index (χ2v) is 9.07. The first kappa shape index (κ1) is 19.9. The fraction of sp³-hybridized carbons (Fsp3) is 0.474. The Bertz CT molecular complexity index is 797. The van der Waals surface area contributed by atoms with Crippen molar-refractivity contribution in [1.82, 2.24) is 10.3 Å². The highest BCUT2D eigenvalue weighted by Crippen LogP contribution is 2.30. The van der Waals surface area contributed by atoms with Crippen molar-refractivity contribution in [2.45, 2.75) is 32.7 Å². The molecule has 8 heteroatoms. The van der Waals surface area contributed by atoms with Crippen LogP contribution in [0.15, 0.2) is 28.8 Å². The number of carbonyl (C=O) groups excluding carboxylic acids is 1. The average Bonchev–Trinajstić information content (AvgIpc) is 3.10. The van der Waals surface area contributed by atoms with Crippen LogP contribution >= 0.6 is 23.4 Å². The summed E-state index contributed by atoms with van der Waals surface area (Å²) in [4.78, 5) is 18.6. The van der Waals surface area contributed by atoms with Gasteiger partial charge in [-0.2, -0.15) is 11.8 Å². The van der Waals surface area contributed by atoms with Gasteiger partial charge >= 0.3 is 6.03 Å². The van der Waals surface area contributed by atoms with Crippen molar-refractivity contribution in [2.75, 3.05) is 34.8 Å². The molecular formula is C19H25ClN4O2S. The summed E-state index contributed by atoms with van der Waals surface area (Å²) in [6.45, 7) is 8.35. The number of carbonyl (C=O) groups is 1. The summed E-state index contributed by atoms with van der Waals surface area (Å²) in [7, 11) is 0. The zero-order valence-corrected chi connectivity index (χ0v) is 17.4. The maximum atomic E-state index is 12.1. The molecule has 1 aromatic heterocycles. The number of hydrogen-bond donors (Lipinski definition) is 2. The summed E-state index contributed by atoms with van der Waals surface area (Å²) in [5, 5.41) is 6.18. The van der Waals surface area contributed by atoms with Crippen LogP contribution in [0.1, 0.15) is 32.4 Å². The van der Waals surface area contributed by atoms with Crippen LogP contribution in [0.3, 0.4) is 0 Å². The molecule has 2 heterocycles. The van der Waals surface area contributed by atoms with Crippen LogP contribution in [0, 0.1) is 0 Å². The number of anilines is 2. The first-order valence-electron chi connectivity index (χ1n) is 8.95. The Morgan fingerprint density at radius 3 is 2.70 bits per heavy atom. The molecule has 2 N–H and O–H groups in total. The molecule has 1 aromatic carbocycles. The number of amides is 2. The molecule has 1 fully saturated rings. The van der Waals surface area contributed by atoms with E-state index in [1.807, 2.05) is 44.7 Å². The molecule has 2 aromatic rings. The molecule has 2 amide bonds. The molecular weight excluding hydrogens is 384 g/mol. The van der Waals surface area contributed by atoms with Gasteiger partial charge in [-0.3, -0.25) is 0 Å². The molecule has 6 nitrogen and oxygen atoms in total. The Morgan fingerprint density at radius 1 is 1.33 bits per heavy atom. The lowest BCUT2D eigenvalue weighted by atomic mass is 9.94. The minimum Gasteiger partial charge on any atom is -0.443 e. The number of rotatable bonds is 4. The topological polar surface area (TPSA) is 70.4 Å². The van der Waals surface area contributed by atoms with Gasteiger partial charge < -0.3 is 20.0 Å². The number of hydrogen-bond acceptors (Lipinski definition) is 5. The third-order valence-corrected chi connectivity index (χ3v) is 5.50. The average molecular weight is 409 g/mol. The smallest absolute Gasteiger partial charge is 0.319 e. The molecule has 146 valence electrons. The Morgan fingerprint density at radius 2 is 2.07 bits per heavy atom. The van der Waals surface area contributed by atoms with E-state index in [0.717, 1.165) is 36.0 Å². The molecule has 3 rings (SSSR count). The van der Waals surface area contributed by atoms with Gasteiger partial charge in [-0.1, -0.05) is 32.4 Å². The minimum atomic E-state index is -0.330. The Labute approximate surface area is 169 Å². The molecule has 1 aliphatic rings. The molecule has 27 heavy (non-hydrogen) atoms. The van der Waals surface area contributed by atoms with E-state index in [9.17, 15) is 4.79 Å². The van der Waals surface area contributed by atoms with Crippen molar-refractivity contribution in [3.8, 4) is 0 Å². The standard InChI is InChI=1S/C19H25ClN4O2S/c1-19(2,3)16-11-21-17(26-16)12-22-18(25)23-13-4-5-15(14(20)10-13)24-6-8-27-9-7-24/h4-5,10-11H,6-9,12H2,1-3H3,(H2,22,23,25). The maximum absolute atomic E-state index is 12.1. The van der Waals surface area contributed by atoms with Crippen molar-refractivity contribution < 1.29 is 9.21 Å². The molecule has 1 aliphatic heterocycles. The van der Waals surface area contributed by atoms with Crippen LogP contribution < -0.4 is 15.5 Å². The van der Waals surface area contributed by atoms with Crippen LogP contribution in [0.2, 0.25) is 5.02 Å². The first-order chi connectivity index (χ1) is 12.8. The van der Waals surface area contributed by atoms with E-state index in [-0.39, 0.29) is 18.0 Å². The van der Waals surface area contributed by atoms with Gasteiger partial charge in [0.2, 0.25) is 5.89 Å². The van der Waals surface area contributed by atoms with E-state index < -0.39 is 0 Å². The number of thioether (sulfide) groups is 1. The lowest BCUT2D eigenvalue weighted by Gasteiger charge is -2.29. The van der Waals surface area contributed by atoms with E-state index in [1.165, 1.54) is 0 Å². The minimum absolute atomic E-state index is 0.112. The quantitative estimate of drug-likeness (QED) is 0.779. The number of nitrogens with one attached hydrogen (secondary N) is 2. The lowest BCUT2D eigenvalue weighted by Crippen LogP contribution is -2.32. The van der Waals surface area contributed by atoms with Gasteiger partial charge in [0.1, 0.15) is 5.76 Å². The molecule has 0 radical (unpaired) electrons. The molecule has 1 saturated heterocycles. The lowest BCUT2D eigenvalue weighted by molar-refractivity contribution is 0.250. The van der Waals surface area contributed by atoms with Crippen LogP contribution in [0.5, 0.6) is 0 Å².